The summed E-state index contributed by atoms with van der Waals surface area (Å²) in [5.41, 5.74) is 0.171. The molecule has 4 heteroatoms. The number of aromatic carboxylic acids is 1. The zero-order valence-corrected chi connectivity index (χ0v) is 11.1. The van der Waals surface area contributed by atoms with Gasteiger partial charge in [0, 0.05) is 18.2 Å². The molecule has 1 N–H and O–H groups in total. The molecule has 1 unspecified atom stereocenters. The van der Waals surface area contributed by atoms with Crippen LogP contribution in [0.2, 0.25) is 0 Å². The summed E-state index contributed by atoms with van der Waals surface area (Å²) in [5, 5.41) is 8.86. The van der Waals surface area contributed by atoms with Crippen molar-refractivity contribution in [2.45, 2.75) is 39.3 Å². The first kappa shape index (κ1) is 14.6. The third kappa shape index (κ3) is 3.53. The fourth-order valence-electron chi connectivity index (χ4n) is 1.93. The number of halogens is 1. The Morgan fingerprint density at radius 1 is 1.50 bits per heavy atom. The Balaban J connectivity index is 2.85. The predicted octanol–water partition coefficient (Wildman–Crippen LogP) is 3.14. The highest BCUT2D eigenvalue weighted by Gasteiger charge is 2.16. The minimum Gasteiger partial charge on any atom is -0.478 e. The fourth-order valence-corrected chi connectivity index (χ4v) is 1.93. The van der Waals surface area contributed by atoms with E-state index in [9.17, 15) is 9.18 Å². The average molecular weight is 253 g/mol. The minimum absolute atomic E-state index is 0.260. The van der Waals surface area contributed by atoms with Gasteiger partial charge in [-0.1, -0.05) is 25.5 Å². The van der Waals surface area contributed by atoms with Crippen molar-refractivity contribution in [1.29, 1.82) is 0 Å². The quantitative estimate of drug-likeness (QED) is 0.846. The van der Waals surface area contributed by atoms with Gasteiger partial charge in [0.2, 0.25) is 0 Å². The summed E-state index contributed by atoms with van der Waals surface area (Å²) < 4.78 is 13.9. The van der Waals surface area contributed by atoms with Gasteiger partial charge in [0.25, 0.3) is 0 Å². The van der Waals surface area contributed by atoms with Crippen LogP contribution in [-0.4, -0.2) is 29.1 Å². The van der Waals surface area contributed by atoms with Crippen LogP contribution in [0.1, 0.15) is 42.6 Å². The number of carboxylic acids is 1. The predicted molar refractivity (Wildman–Crippen MR) is 69.2 cm³/mol. The zero-order valence-electron chi connectivity index (χ0n) is 11.1. The second kappa shape index (κ2) is 6.50. The van der Waals surface area contributed by atoms with Crippen molar-refractivity contribution in [3.05, 3.63) is 35.1 Å². The molecule has 18 heavy (non-hydrogen) atoms. The van der Waals surface area contributed by atoms with Gasteiger partial charge in [-0.3, -0.25) is 4.90 Å². The van der Waals surface area contributed by atoms with Gasteiger partial charge in [-0.05, 0) is 26.5 Å². The van der Waals surface area contributed by atoms with Gasteiger partial charge >= 0.3 is 5.97 Å². The molecule has 0 saturated heterocycles. The van der Waals surface area contributed by atoms with Crippen LogP contribution in [0, 0.1) is 5.82 Å². The van der Waals surface area contributed by atoms with E-state index in [1.807, 2.05) is 11.9 Å². The number of hydrogen-bond donors (Lipinski definition) is 1. The molecule has 0 fully saturated rings. The Kier molecular flexibility index (Phi) is 5.28. The molecule has 0 aliphatic carbocycles. The Morgan fingerprint density at radius 2 is 2.17 bits per heavy atom. The third-order valence-corrected chi connectivity index (χ3v) is 3.19. The van der Waals surface area contributed by atoms with Gasteiger partial charge < -0.3 is 5.11 Å². The Bertz CT molecular complexity index is 420. The van der Waals surface area contributed by atoms with Crippen LogP contribution >= 0.6 is 0 Å². The van der Waals surface area contributed by atoms with Crippen molar-refractivity contribution in [3.8, 4) is 0 Å². The van der Waals surface area contributed by atoms with E-state index >= 15 is 0 Å². The summed E-state index contributed by atoms with van der Waals surface area (Å²) in [6.07, 6.45) is 2.11. The number of hydrogen-bond acceptors (Lipinski definition) is 2. The third-order valence-electron chi connectivity index (χ3n) is 3.19. The van der Waals surface area contributed by atoms with Crippen molar-refractivity contribution >= 4 is 5.97 Å². The summed E-state index contributed by atoms with van der Waals surface area (Å²) in [5.74, 6) is -1.85. The van der Waals surface area contributed by atoms with Crippen molar-refractivity contribution in [3.63, 3.8) is 0 Å². The summed E-state index contributed by atoms with van der Waals surface area (Å²) >= 11 is 0. The van der Waals surface area contributed by atoms with Crippen molar-refractivity contribution in [2.75, 3.05) is 7.05 Å². The molecule has 0 aliphatic heterocycles. The van der Waals surface area contributed by atoms with Crippen LogP contribution in [0.5, 0.6) is 0 Å². The van der Waals surface area contributed by atoms with E-state index in [0.717, 1.165) is 12.8 Å². The maximum absolute atomic E-state index is 13.9. The molecule has 0 saturated carbocycles. The molecule has 3 nitrogen and oxygen atoms in total. The van der Waals surface area contributed by atoms with Crippen molar-refractivity contribution in [2.24, 2.45) is 0 Å². The van der Waals surface area contributed by atoms with Gasteiger partial charge in [-0.25, -0.2) is 9.18 Å². The Morgan fingerprint density at radius 3 is 2.72 bits per heavy atom. The van der Waals surface area contributed by atoms with E-state index in [1.54, 1.807) is 12.1 Å². The molecule has 0 aromatic heterocycles. The lowest BCUT2D eigenvalue weighted by Gasteiger charge is -2.24. The zero-order chi connectivity index (χ0) is 13.7. The second-order valence-electron chi connectivity index (χ2n) is 4.64. The van der Waals surface area contributed by atoms with Gasteiger partial charge in [0.1, 0.15) is 5.82 Å². The molecule has 100 valence electrons. The van der Waals surface area contributed by atoms with E-state index in [4.69, 9.17) is 5.11 Å². The molecule has 1 rings (SSSR count). The van der Waals surface area contributed by atoms with Crippen molar-refractivity contribution in [1.82, 2.24) is 4.90 Å². The molecular formula is C14H20FNO2. The van der Waals surface area contributed by atoms with Crippen LogP contribution in [0.3, 0.4) is 0 Å². The van der Waals surface area contributed by atoms with Gasteiger partial charge in [-0.15, -0.1) is 0 Å². The minimum atomic E-state index is -1.22. The average Bonchev–Trinajstić information content (AvgIpc) is 2.31. The van der Waals surface area contributed by atoms with E-state index in [-0.39, 0.29) is 5.56 Å². The van der Waals surface area contributed by atoms with Crippen molar-refractivity contribution < 1.29 is 14.3 Å². The molecule has 0 aliphatic rings. The summed E-state index contributed by atoms with van der Waals surface area (Å²) in [6, 6.07) is 4.86. The first-order chi connectivity index (χ1) is 8.47. The standard InChI is InChI=1S/C14H20FNO2/c1-4-6-10(2)16(3)9-11-7-5-8-12(13(11)15)14(17)18/h5,7-8,10H,4,6,9H2,1-3H3,(H,17,18). The van der Waals surface area contributed by atoms with Gasteiger partial charge in [0.15, 0.2) is 0 Å². The first-order valence-corrected chi connectivity index (χ1v) is 6.18. The maximum atomic E-state index is 13.9. The summed E-state index contributed by atoms with van der Waals surface area (Å²) in [4.78, 5) is 12.9. The second-order valence-corrected chi connectivity index (χ2v) is 4.64. The van der Waals surface area contributed by atoms with Crippen LogP contribution in [0.25, 0.3) is 0 Å². The normalized spacial score (nSPS) is 12.7. The Labute approximate surface area is 107 Å². The van der Waals surface area contributed by atoms with Crippen LogP contribution < -0.4 is 0 Å². The highest BCUT2D eigenvalue weighted by atomic mass is 19.1. The molecule has 0 amide bonds. The molecular weight excluding hydrogens is 233 g/mol. The molecule has 0 bridgehead atoms. The lowest BCUT2D eigenvalue weighted by Crippen LogP contribution is -2.28. The molecule has 0 heterocycles. The molecule has 1 aromatic rings. The summed E-state index contributed by atoms with van der Waals surface area (Å²) in [6.45, 7) is 4.62. The lowest BCUT2D eigenvalue weighted by molar-refractivity contribution is 0.0691. The lowest BCUT2D eigenvalue weighted by atomic mass is 10.1. The van der Waals surface area contributed by atoms with E-state index in [1.165, 1.54) is 6.07 Å². The Hall–Kier alpha value is -1.42. The number of nitrogens with zero attached hydrogens (tertiary/aromatic N) is 1. The highest BCUT2D eigenvalue weighted by molar-refractivity contribution is 5.88. The smallest absolute Gasteiger partial charge is 0.338 e. The number of carboxylic acid groups (broad SMARTS) is 1. The topological polar surface area (TPSA) is 40.5 Å². The largest absolute Gasteiger partial charge is 0.478 e. The molecule has 0 spiro atoms. The number of rotatable bonds is 6. The van der Waals surface area contributed by atoms with Crippen LogP contribution in [0.15, 0.2) is 18.2 Å². The monoisotopic (exact) mass is 253 g/mol. The van der Waals surface area contributed by atoms with E-state index in [2.05, 4.69) is 13.8 Å². The first-order valence-electron chi connectivity index (χ1n) is 6.18. The van der Waals surface area contributed by atoms with E-state index < -0.39 is 11.8 Å². The summed E-state index contributed by atoms with van der Waals surface area (Å²) in [7, 11) is 1.92. The SMILES string of the molecule is CCCC(C)N(C)Cc1cccc(C(=O)O)c1F. The fraction of sp³-hybridized carbons (Fsp3) is 0.500. The van der Waals surface area contributed by atoms with Crippen LogP contribution in [0.4, 0.5) is 4.39 Å². The molecule has 1 aromatic carbocycles. The highest BCUT2D eigenvalue weighted by Crippen LogP contribution is 2.16. The molecule has 0 radical (unpaired) electrons. The van der Waals surface area contributed by atoms with Crippen LogP contribution in [-0.2, 0) is 6.54 Å². The number of benzene rings is 1. The van der Waals surface area contributed by atoms with Gasteiger partial charge in [-0.2, -0.15) is 0 Å². The van der Waals surface area contributed by atoms with Gasteiger partial charge in [0.05, 0.1) is 5.56 Å². The molecule has 1 atom stereocenters. The van der Waals surface area contributed by atoms with E-state index in [0.29, 0.717) is 18.2 Å². The number of carbonyl (C=O) groups is 1. The maximum Gasteiger partial charge on any atom is 0.338 e.